The molecule has 0 aromatic heterocycles. The van der Waals surface area contributed by atoms with Gasteiger partial charge in [-0.05, 0) is 74.0 Å². The Balaban J connectivity index is 1.40. The van der Waals surface area contributed by atoms with Gasteiger partial charge in [0.05, 0.1) is 11.8 Å². The number of hydrogen-bond acceptors (Lipinski definition) is 4. The summed E-state index contributed by atoms with van der Waals surface area (Å²) < 4.78 is 11.8. The first-order chi connectivity index (χ1) is 11.7. The van der Waals surface area contributed by atoms with Crippen LogP contribution in [0.2, 0.25) is 0 Å². The van der Waals surface area contributed by atoms with Crippen LogP contribution in [0.25, 0.3) is 0 Å². The minimum Gasteiger partial charge on any atom is -0.462 e. The molecule has 0 spiro atoms. The van der Waals surface area contributed by atoms with E-state index < -0.39 is 0 Å². The quantitative estimate of drug-likeness (QED) is 0.641. The van der Waals surface area contributed by atoms with E-state index in [9.17, 15) is 9.59 Å². The fourth-order valence-corrected chi connectivity index (χ4v) is 9.14. The summed E-state index contributed by atoms with van der Waals surface area (Å²) in [6.45, 7) is 0. The number of esters is 2. The molecule has 2 heterocycles. The van der Waals surface area contributed by atoms with Crippen LogP contribution in [0.15, 0.2) is 0 Å². The van der Waals surface area contributed by atoms with Crippen LogP contribution >= 0.6 is 0 Å². The maximum atomic E-state index is 12.9. The van der Waals surface area contributed by atoms with Crippen molar-refractivity contribution in [3.8, 4) is 0 Å². The third-order valence-corrected chi connectivity index (χ3v) is 9.46. The number of hydrogen-bond donors (Lipinski definition) is 0. The zero-order valence-electron chi connectivity index (χ0n) is 13.8. The average Bonchev–Trinajstić information content (AvgIpc) is 3.27. The Morgan fingerprint density at radius 2 is 1.08 bits per heavy atom. The van der Waals surface area contributed by atoms with Crippen molar-refractivity contribution in [1.29, 1.82) is 0 Å². The predicted molar refractivity (Wildman–Crippen MR) is 82.4 cm³/mol. The second-order valence-corrected chi connectivity index (χ2v) is 9.79. The van der Waals surface area contributed by atoms with E-state index in [4.69, 9.17) is 9.47 Å². The van der Waals surface area contributed by atoms with Gasteiger partial charge in [0.1, 0.15) is 12.2 Å². The summed E-state index contributed by atoms with van der Waals surface area (Å²) in [6, 6.07) is 0. The van der Waals surface area contributed by atoms with E-state index in [1.165, 1.54) is 25.7 Å². The van der Waals surface area contributed by atoms with Crippen molar-refractivity contribution in [1.82, 2.24) is 0 Å². The van der Waals surface area contributed by atoms with E-state index in [1.807, 2.05) is 0 Å². The molecule has 0 N–H and O–H groups in total. The molecular weight excluding hydrogens is 304 g/mol. The van der Waals surface area contributed by atoms with Crippen LogP contribution in [0, 0.1) is 59.2 Å². The molecule has 5 aliphatic carbocycles. The molecule has 7 rings (SSSR count). The summed E-state index contributed by atoms with van der Waals surface area (Å²) in [4.78, 5) is 25.8. The summed E-state index contributed by atoms with van der Waals surface area (Å²) in [7, 11) is 0. The molecule has 0 unspecified atom stereocenters. The first kappa shape index (κ1) is 13.2. The van der Waals surface area contributed by atoms with Crippen molar-refractivity contribution in [3.63, 3.8) is 0 Å². The van der Waals surface area contributed by atoms with Gasteiger partial charge in [0.15, 0.2) is 0 Å². The Hall–Kier alpha value is -1.06. The van der Waals surface area contributed by atoms with Gasteiger partial charge in [-0.1, -0.05) is 0 Å². The second-order valence-electron chi connectivity index (χ2n) is 9.79. The zero-order chi connectivity index (χ0) is 15.7. The maximum Gasteiger partial charge on any atom is 0.310 e. The molecule has 12 atom stereocenters. The number of carbonyl (C=O) groups excluding carboxylic acids is 2. The molecule has 0 amide bonds. The monoisotopic (exact) mass is 328 g/mol. The summed E-state index contributed by atoms with van der Waals surface area (Å²) in [5, 5.41) is 0. The average molecular weight is 328 g/mol. The van der Waals surface area contributed by atoms with Crippen LogP contribution in [0.5, 0.6) is 0 Å². The van der Waals surface area contributed by atoms with E-state index in [1.54, 1.807) is 0 Å². The smallest absolute Gasteiger partial charge is 0.310 e. The molecule has 4 heteroatoms. The van der Waals surface area contributed by atoms with Crippen molar-refractivity contribution < 1.29 is 19.1 Å². The molecule has 2 saturated heterocycles. The van der Waals surface area contributed by atoms with Gasteiger partial charge in [-0.2, -0.15) is 0 Å². The van der Waals surface area contributed by atoms with Gasteiger partial charge in [-0.15, -0.1) is 0 Å². The fraction of sp³-hybridized carbons (Fsp3) is 0.900. The highest BCUT2D eigenvalue weighted by molar-refractivity contribution is 5.84. The molecule has 7 fully saturated rings. The number of fused-ring (bicyclic) bond motifs is 2. The summed E-state index contributed by atoms with van der Waals surface area (Å²) >= 11 is 0. The molecule has 0 aromatic carbocycles. The molecule has 0 radical (unpaired) electrons. The highest BCUT2D eigenvalue weighted by atomic mass is 16.6. The lowest BCUT2D eigenvalue weighted by atomic mass is 9.54. The zero-order valence-corrected chi connectivity index (χ0v) is 13.8. The van der Waals surface area contributed by atoms with E-state index in [0.29, 0.717) is 35.5 Å². The first-order valence-electron chi connectivity index (χ1n) is 10.1. The number of rotatable bonds is 0. The van der Waals surface area contributed by atoms with Crippen molar-refractivity contribution in [2.45, 2.75) is 50.7 Å². The minimum absolute atomic E-state index is 0.0610. The molecule has 2 aliphatic heterocycles. The summed E-state index contributed by atoms with van der Waals surface area (Å²) in [5.41, 5.74) is 0. The van der Waals surface area contributed by atoms with Gasteiger partial charge < -0.3 is 9.47 Å². The van der Waals surface area contributed by atoms with Gasteiger partial charge in [-0.3, -0.25) is 9.59 Å². The van der Waals surface area contributed by atoms with Crippen LogP contribution in [0.1, 0.15) is 38.5 Å². The Morgan fingerprint density at radius 3 is 1.54 bits per heavy atom. The van der Waals surface area contributed by atoms with Gasteiger partial charge >= 0.3 is 11.9 Å². The lowest BCUT2D eigenvalue weighted by Gasteiger charge is -2.53. The third-order valence-electron chi connectivity index (χ3n) is 9.46. The van der Waals surface area contributed by atoms with Crippen molar-refractivity contribution in [2.24, 2.45) is 59.2 Å². The van der Waals surface area contributed by atoms with Gasteiger partial charge in [-0.25, -0.2) is 0 Å². The molecule has 24 heavy (non-hydrogen) atoms. The fourth-order valence-electron chi connectivity index (χ4n) is 9.14. The van der Waals surface area contributed by atoms with Gasteiger partial charge in [0, 0.05) is 11.8 Å². The van der Waals surface area contributed by atoms with E-state index in [-0.39, 0.29) is 36.0 Å². The lowest BCUT2D eigenvalue weighted by molar-refractivity contribution is -0.206. The SMILES string of the molecule is O=C1O[C@@H]2CC[C@@H]3C[C@@H]4[C@H]5C[C@H]6CC[C@H]7OC(=O)[C@@H]([C@@H]1[C@H]4[C@H]32)[C@@H]5[C@@H]67. The largest absolute Gasteiger partial charge is 0.462 e. The summed E-state index contributed by atoms with van der Waals surface area (Å²) in [5.74, 6) is 4.27. The Bertz CT molecular complexity index is 602. The molecule has 7 aliphatic rings. The van der Waals surface area contributed by atoms with Crippen LogP contribution in [0.3, 0.4) is 0 Å². The van der Waals surface area contributed by atoms with Gasteiger partial charge in [0.2, 0.25) is 0 Å². The summed E-state index contributed by atoms with van der Waals surface area (Å²) in [6.07, 6.45) is 7.45. The molecular formula is C20H24O4. The third kappa shape index (κ3) is 1.27. The van der Waals surface area contributed by atoms with Gasteiger partial charge in [0.25, 0.3) is 0 Å². The topological polar surface area (TPSA) is 52.6 Å². The van der Waals surface area contributed by atoms with Crippen LogP contribution < -0.4 is 0 Å². The molecule has 0 bridgehead atoms. The first-order valence-corrected chi connectivity index (χ1v) is 10.1. The van der Waals surface area contributed by atoms with E-state index in [0.717, 1.165) is 24.7 Å². The Morgan fingerprint density at radius 1 is 0.625 bits per heavy atom. The number of ether oxygens (including phenoxy) is 2. The molecule has 4 nitrogen and oxygen atoms in total. The van der Waals surface area contributed by atoms with Crippen LogP contribution in [-0.2, 0) is 19.1 Å². The minimum atomic E-state index is -0.187. The molecule has 128 valence electrons. The van der Waals surface area contributed by atoms with Crippen molar-refractivity contribution >= 4 is 11.9 Å². The predicted octanol–water partition coefficient (Wildman–Crippen LogP) is 2.41. The Kier molecular flexibility index (Phi) is 2.21. The van der Waals surface area contributed by atoms with Crippen molar-refractivity contribution in [2.75, 3.05) is 0 Å². The van der Waals surface area contributed by atoms with E-state index >= 15 is 0 Å². The van der Waals surface area contributed by atoms with E-state index in [2.05, 4.69) is 0 Å². The van der Waals surface area contributed by atoms with Crippen LogP contribution in [0.4, 0.5) is 0 Å². The maximum absolute atomic E-state index is 12.9. The highest BCUT2D eigenvalue weighted by Gasteiger charge is 2.72. The molecule has 0 aromatic rings. The lowest BCUT2D eigenvalue weighted by Crippen LogP contribution is -2.59. The molecule has 5 saturated carbocycles. The van der Waals surface area contributed by atoms with Crippen LogP contribution in [-0.4, -0.2) is 24.1 Å². The van der Waals surface area contributed by atoms with Crippen molar-refractivity contribution in [3.05, 3.63) is 0 Å². The second kappa shape index (κ2) is 4.02. The number of carbonyl (C=O) groups is 2. The Labute approximate surface area is 141 Å². The standard InChI is InChI=1S/C20H24O4/c21-19-17-15-9(5-7-1-3-11(23-19)13(7)15)10-6-8-2-4-12-14(8)16(10)18(17)20(22)24-12/h7-18H,1-6H2/t7-,8-,9-,10-,11-,12-,13-,14+,15-,16+,17+,18-/m1/s1. The highest BCUT2D eigenvalue weighted by Crippen LogP contribution is 2.71. The normalized spacial score (nSPS) is 64.5.